The summed E-state index contributed by atoms with van der Waals surface area (Å²) in [6.45, 7) is 19.7. The molecule has 5 heterocycles. The third kappa shape index (κ3) is 18.3. The fraction of sp³-hybridized carbons (Fsp3) is 0.452. The van der Waals surface area contributed by atoms with Crippen molar-refractivity contribution in [3.8, 4) is 17.6 Å². The van der Waals surface area contributed by atoms with Crippen LogP contribution in [-0.2, 0) is 58.7 Å². The first-order valence-electron chi connectivity index (χ1n) is 34.4. The van der Waals surface area contributed by atoms with Crippen LogP contribution in [0, 0.1) is 11.3 Å². The Balaban J connectivity index is 0.00000561. The van der Waals surface area contributed by atoms with Crippen molar-refractivity contribution in [2.45, 2.75) is 155 Å². The predicted octanol–water partition coefficient (Wildman–Crippen LogP) is 12.9. The maximum Gasteiger partial charge on any atom is 0.491 e. The van der Waals surface area contributed by atoms with Crippen LogP contribution in [0.4, 0.5) is 79.3 Å². The number of nitriles is 1. The van der Waals surface area contributed by atoms with E-state index < -0.39 is 140 Å². The lowest BCUT2D eigenvalue weighted by Crippen LogP contribution is -2.58. The zero-order chi connectivity index (χ0) is 78.5. The molecule has 37 heteroatoms. The lowest BCUT2D eigenvalue weighted by atomic mass is 9.98. The van der Waals surface area contributed by atoms with Crippen molar-refractivity contribution in [3.63, 3.8) is 0 Å². The van der Waals surface area contributed by atoms with E-state index in [1.165, 1.54) is 41.8 Å². The minimum Gasteiger partial charge on any atom is -0.492 e. The molecule has 0 saturated carbocycles. The Morgan fingerprint density at radius 2 is 1.23 bits per heavy atom. The third-order valence-corrected chi connectivity index (χ3v) is 20.6. The highest BCUT2D eigenvalue weighted by Crippen LogP contribution is 2.51. The Bertz CT molecular complexity index is 4460. The van der Waals surface area contributed by atoms with Gasteiger partial charge in [0.25, 0.3) is 11.8 Å². The number of esters is 2. The van der Waals surface area contributed by atoms with E-state index in [9.17, 15) is 55.6 Å². The minimum atomic E-state index is -5.90. The normalized spacial score (nSPS) is 20.5. The lowest BCUT2D eigenvalue weighted by Gasteiger charge is -2.44. The summed E-state index contributed by atoms with van der Waals surface area (Å²) in [6.07, 6.45) is -16.1. The van der Waals surface area contributed by atoms with Gasteiger partial charge < -0.3 is 40.8 Å². The van der Waals surface area contributed by atoms with Crippen LogP contribution in [0.15, 0.2) is 84.9 Å². The summed E-state index contributed by atoms with van der Waals surface area (Å²) in [5, 5.41) is 17.1. The van der Waals surface area contributed by atoms with Gasteiger partial charge in [0.15, 0.2) is 10.2 Å². The zero-order valence-electron chi connectivity index (χ0n) is 61.4. The summed E-state index contributed by atoms with van der Waals surface area (Å²) in [5.41, 5.74) is -9.90. The number of ether oxygens (including phenoxy) is 3. The van der Waals surface area contributed by atoms with Gasteiger partial charge in [-0.15, -0.1) is 24.8 Å². The van der Waals surface area contributed by atoms with E-state index in [-0.39, 0.29) is 109 Å². The fourth-order valence-electron chi connectivity index (χ4n) is 14.0. The van der Waals surface area contributed by atoms with E-state index in [1.807, 2.05) is 25.7 Å². The smallest absolute Gasteiger partial charge is 0.491 e. The molecule has 5 aliphatic heterocycles. The number of halogens is 12. The van der Waals surface area contributed by atoms with Gasteiger partial charge in [-0.05, 0) is 195 Å². The summed E-state index contributed by atoms with van der Waals surface area (Å²) < 4.78 is 151. The monoisotopic (exact) mass is 1640 g/mol. The first kappa shape index (κ1) is 88.7. The molecule has 1 unspecified atom stereocenters. The molecular weight excluding hydrogens is 1560 g/mol. The van der Waals surface area contributed by atoms with Gasteiger partial charge in [0.05, 0.1) is 57.6 Å². The van der Waals surface area contributed by atoms with Crippen molar-refractivity contribution < 1.29 is 87.3 Å². The number of carbonyl (C=O) groups excluding carboxylic acids is 7. The van der Waals surface area contributed by atoms with Crippen molar-refractivity contribution >= 4 is 152 Å². The Morgan fingerprint density at radius 1 is 0.691 bits per heavy atom. The molecule has 5 aromatic carbocycles. The average molecular weight is 1640 g/mol. The van der Waals surface area contributed by atoms with Crippen LogP contribution >= 0.6 is 60.9 Å². The number of imide groups is 1. The molecule has 5 amide bonds. The van der Waals surface area contributed by atoms with Crippen LogP contribution < -0.4 is 56.1 Å². The number of benzene rings is 5. The first-order chi connectivity index (χ1) is 50.1. The molecule has 0 spiro atoms. The highest BCUT2D eigenvalue weighted by molar-refractivity contribution is 7.81. The Labute approximate surface area is 657 Å². The standard InChI is InChI=1S/C73H78ClF9N12O10S2.2ClH.H3N/c1-11-43-27-49(94-67(106)92(64(100)69(94,7)8)48-14-13-45(33-84)53(32-48)71(75,76)77)15-20-57(43)104-26-24-89-36-42(6)90(37-41(89)5)38-59(97)91(51-30-46(74)29-47(31-51)86-54-18-22-58(96)87-62(54)98)61-55(19-17-52(60(61)72(78,79)80)63(99)105-66(102)73(81,82)83)93-65(101)70(9,10)95(68(93)107)50-16-21-56(44(12-2)28-50)103-25-23-88-35-39(3)85-34-40(88)4;;;/h13-17,19-21,27-32,39-42,54,85-86H,11-12,18,22-26,34-38H2,1-10H3,(H,87,96,98);2*1H;1H3/t39-,40-,41-,42-,54?;;;/m1.../s1. The molecule has 110 heavy (non-hydrogen) atoms. The maximum absolute atomic E-state index is 16.7. The van der Waals surface area contributed by atoms with Crippen LogP contribution in [0.3, 0.4) is 0 Å². The number of hydrogen-bond acceptors (Lipinski definition) is 19. The predicted molar refractivity (Wildman–Crippen MR) is 408 cm³/mol. The molecule has 0 aliphatic carbocycles. The van der Waals surface area contributed by atoms with Crippen molar-refractivity contribution in [2.75, 3.05) is 88.8 Å². The van der Waals surface area contributed by atoms with Crippen LogP contribution in [-0.4, -0.2) is 173 Å². The molecule has 5 aromatic rings. The summed E-state index contributed by atoms with van der Waals surface area (Å²) in [7, 11) is 0. The van der Waals surface area contributed by atoms with E-state index >= 15 is 22.8 Å². The summed E-state index contributed by atoms with van der Waals surface area (Å²) in [6, 6.07) is 17.3. The molecule has 0 bridgehead atoms. The number of piperidine rings is 1. The number of carbonyl (C=O) groups is 7. The number of aryl methyl sites for hydroxylation is 2. The summed E-state index contributed by atoms with van der Waals surface area (Å²) in [4.78, 5) is 108. The topological polar surface area (TPSA) is 268 Å². The second kappa shape index (κ2) is 34.6. The van der Waals surface area contributed by atoms with Gasteiger partial charge in [-0.1, -0.05) is 25.4 Å². The molecule has 0 radical (unpaired) electrons. The Hall–Kier alpha value is -8.50. The number of rotatable bonds is 21. The number of nitrogens with zero attached hydrogens (tertiary/aromatic N) is 9. The van der Waals surface area contributed by atoms with Crippen LogP contribution in [0.1, 0.15) is 120 Å². The van der Waals surface area contributed by atoms with E-state index in [0.29, 0.717) is 76.2 Å². The average Bonchev–Trinajstić information content (AvgIpc) is 1.53. The van der Waals surface area contributed by atoms with E-state index in [4.69, 9.17) is 45.5 Å². The van der Waals surface area contributed by atoms with Crippen molar-refractivity contribution in [1.29, 1.82) is 5.26 Å². The number of anilines is 7. The quantitative estimate of drug-likeness (QED) is 0.0175. The van der Waals surface area contributed by atoms with Crippen LogP contribution in [0.25, 0.3) is 0 Å². The van der Waals surface area contributed by atoms with E-state index in [2.05, 4.69) is 39.4 Å². The lowest BCUT2D eigenvalue weighted by molar-refractivity contribution is -0.193. The Kier molecular flexibility index (Phi) is 27.9. The number of piperazine rings is 2. The highest BCUT2D eigenvalue weighted by atomic mass is 35.5. The minimum absolute atomic E-state index is 0. The van der Waals surface area contributed by atoms with Crippen LogP contribution in [0.5, 0.6) is 11.5 Å². The maximum atomic E-state index is 16.7. The largest absolute Gasteiger partial charge is 0.492 e. The van der Waals surface area contributed by atoms with Crippen molar-refractivity contribution in [1.82, 2.24) is 31.5 Å². The molecule has 5 fully saturated rings. The van der Waals surface area contributed by atoms with Gasteiger partial charge in [-0.3, -0.25) is 58.7 Å². The molecule has 596 valence electrons. The van der Waals surface area contributed by atoms with Gasteiger partial charge in [0.1, 0.15) is 41.8 Å². The molecule has 6 N–H and O–H groups in total. The number of thiocarbonyl (C=S) groups is 2. The van der Waals surface area contributed by atoms with Crippen molar-refractivity contribution in [2.24, 2.45) is 0 Å². The van der Waals surface area contributed by atoms with Crippen LogP contribution in [0.2, 0.25) is 5.02 Å². The summed E-state index contributed by atoms with van der Waals surface area (Å²) >= 11 is 18.7. The van der Waals surface area contributed by atoms with Gasteiger partial charge in [-0.25, -0.2) is 9.59 Å². The van der Waals surface area contributed by atoms with Gasteiger partial charge in [0.2, 0.25) is 17.7 Å². The molecule has 0 aromatic heterocycles. The zero-order valence-corrected chi connectivity index (χ0v) is 65.4. The van der Waals surface area contributed by atoms with Gasteiger partial charge in [0, 0.05) is 91.9 Å². The molecular formula is C73H83Cl3F9N13O10S2. The first-order valence-corrected chi connectivity index (χ1v) is 35.6. The Morgan fingerprint density at radius 3 is 1.76 bits per heavy atom. The van der Waals surface area contributed by atoms with E-state index in [0.717, 1.165) is 42.3 Å². The molecule has 5 saturated heterocycles. The SMILES string of the molecule is CCc1cc(N2C(=S)N(c3ccc(C(=O)OC(=O)C(F)(F)F)c(C(F)(F)F)c3N(C(=O)CN3C[C@@H](C)N(CCOc4ccc(N5C(=S)N(c6ccc(C#N)c(C(F)(F)F)c6)C(=O)C5(C)C)cc4CC)C[C@H]3C)c3cc(Cl)cc(NC4CCC(=O)NC4=O)c3)C(=O)C2(C)C)ccc1OCCN1C[C@@H](C)NC[C@H]1C.Cl.Cl.N. The second-order valence-electron chi connectivity index (χ2n) is 27.8. The molecule has 5 aliphatic rings. The number of nitrogens with one attached hydrogen (secondary N) is 3. The number of alkyl halides is 9. The third-order valence-electron chi connectivity index (χ3n) is 19.6. The molecule has 10 rings (SSSR count). The second-order valence-corrected chi connectivity index (χ2v) is 29.0. The summed E-state index contributed by atoms with van der Waals surface area (Å²) in [5.74, 6) is -8.89. The van der Waals surface area contributed by atoms with Crippen molar-refractivity contribution in [3.05, 3.63) is 123 Å². The van der Waals surface area contributed by atoms with Gasteiger partial charge >= 0.3 is 30.5 Å². The molecule has 5 atom stereocenters. The molecule has 23 nitrogen and oxygen atoms in total. The fourth-order valence-corrected chi connectivity index (χ4v) is 15.3. The van der Waals surface area contributed by atoms with E-state index in [1.54, 1.807) is 62.1 Å². The number of amides is 5. The highest BCUT2D eigenvalue weighted by Gasteiger charge is 2.55. The number of hydrogen-bond donors (Lipinski definition) is 4. The van der Waals surface area contributed by atoms with Gasteiger partial charge in [-0.2, -0.15) is 44.8 Å².